The Labute approximate surface area is 156 Å². The van der Waals surface area contributed by atoms with Gasteiger partial charge in [0.15, 0.2) is 5.69 Å². The molecule has 2 aromatic heterocycles. The van der Waals surface area contributed by atoms with Crippen LogP contribution >= 0.6 is 0 Å². The molecule has 0 unspecified atom stereocenters. The van der Waals surface area contributed by atoms with Gasteiger partial charge in [-0.15, -0.1) is 5.10 Å². The number of amides is 1. The van der Waals surface area contributed by atoms with Crippen LogP contribution in [0.15, 0.2) is 53.2 Å². The van der Waals surface area contributed by atoms with Crippen LogP contribution in [-0.4, -0.2) is 32.5 Å². The van der Waals surface area contributed by atoms with Gasteiger partial charge in [0, 0.05) is 19.2 Å². The summed E-state index contributed by atoms with van der Waals surface area (Å²) in [6.07, 6.45) is 6.48. The highest BCUT2D eigenvalue weighted by Gasteiger charge is 2.32. The molecule has 0 N–H and O–H groups in total. The standard InChI is InChI=1S/C20H19FN4O2/c21-15-8-6-14(7-9-15)12-16-13-22-19(27-16)18-5-1-2-11-25(18)20(26)17-4-3-10-23-24-17/h3-4,6-10,13,18H,1-2,5,11-12H2/t18-/m1/s1. The van der Waals surface area contributed by atoms with Crippen LogP contribution in [0.1, 0.15) is 53.0 Å². The molecule has 1 aliphatic rings. The number of carbonyl (C=O) groups excluding carboxylic acids is 1. The summed E-state index contributed by atoms with van der Waals surface area (Å²) in [6, 6.07) is 9.45. The molecule has 7 heteroatoms. The van der Waals surface area contributed by atoms with E-state index in [4.69, 9.17) is 4.42 Å². The monoisotopic (exact) mass is 366 g/mol. The molecule has 6 nitrogen and oxygen atoms in total. The second-order valence-corrected chi connectivity index (χ2v) is 6.59. The smallest absolute Gasteiger partial charge is 0.275 e. The van der Waals surface area contributed by atoms with Crippen LogP contribution in [0.5, 0.6) is 0 Å². The molecule has 27 heavy (non-hydrogen) atoms. The Kier molecular flexibility index (Phi) is 4.91. The quantitative estimate of drug-likeness (QED) is 0.706. The van der Waals surface area contributed by atoms with Gasteiger partial charge in [-0.2, -0.15) is 5.10 Å². The molecular weight excluding hydrogens is 347 g/mol. The predicted octanol–water partition coefficient (Wildman–Crippen LogP) is 3.56. The molecule has 0 saturated carbocycles. The number of benzene rings is 1. The third-order valence-electron chi connectivity index (χ3n) is 4.70. The summed E-state index contributed by atoms with van der Waals surface area (Å²) in [5.74, 6) is 0.793. The fraction of sp³-hybridized carbons (Fsp3) is 0.300. The lowest BCUT2D eigenvalue weighted by molar-refractivity contribution is 0.0562. The number of piperidine rings is 1. The van der Waals surface area contributed by atoms with E-state index in [1.165, 1.54) is 12.1 Å². The Hall–Kier alpha value is -3.09. The lowest BCUT2D eigenvalue weighted by Crippen LogP contribution is -2.39. The molecule has 1 fully saturated rings. The lowest BCUT2D eigenvalue weighted by Gasteiger charge is -2.33. The zero-order valence-electron chi connectivity index (χ0n) is 14.7. The summed E-state index contributed by atoms with van der Waals surface area (Å²) >= 11 is 0. The van der Waals surface area contributed by atoms with E-state index < -0.39 is 0 Å². The summed E-state index contributed by atoms with van der Waals surface area (Å²) in [4.78, 5) is 19.0. The van der Waals surface area contributed by atoms with Crippen molar-refractivity contribution in [2.24, 2.45) is 0 Å². The number of hydrogen-bond donors (Lipinski definition) is 0. The molecule has 1 aliphatic heterocycles. The lowest BCUT2D eigenvalue weighted by atomic mass is 10.0. The summed E-state index contributed by atoms with van der Waals surface area (Å²) in [7, 11) is 0. The van der Waals surface area contributed by atoms with Crippen molar-refractivity contribution in [3.05, 3.63) is 77.5 Å². The van der Waals surface area contributed by atoms with Crippen LogP contribution in [0.3, 0.4) is 0 Å². The molecule has 3 aromatic rings. The van der Waals surface area contributed by atoms with Gasteiger partial charge in [-0.1, -0.05) is 12.1 Å². The number of hydrogen-bond acceptors (Lipinski definition) is 5. The minimum atomic E-state index is -0.266. The number of nitrogens with zero attached hydrogens (tertiary/aromatic N) is 4. The van der Waals surface area contributed by atoms with Crippen molar-refractivity contribution in [2.45, 2.75) is 31.7 Å². The zero-order chi connectivity index (χ0) is 18.6. The Morgan fingerprint density at radius 1 is 1.22 bits per heavy atom. The van der Waals surface area contributed by atoms with Crippen LogP contribution in [0.25, 0.3) is 0 Å². The Morgan fingerprint density at radius 2 is 2.07 bits per heavy atom. The normalized spacial score (nSPS) is 17.1. The summed E-state index contributed by atoms with van der Waals surface area (Å²) < 4.78 is 19.0. The molecule has 0 radical (unpaired) electrons. The van der Waals surface area contributed by atoms with E-state index in [9.17, 15) is 9.18 Å². The molecule has 3 heterocycles. The van der Waals surface area contributed by atoms with Crippen molar-refractivity contribution < 1.29 is 13.6 Å². The average Bonchev–Trinajstić information content (AvgIpc) is 3.18. The highest BCUT2D eigenvalue weighted by atomic mass is 19.1. The zero-order valence-corrected chi connectivity index (χ0v) is 14.7. The fourth-order valence-electron chi connectivity index (χ4n) is 3.36. The maximum Gasteiger partial charge on any atom is 0.275 e. The Bertz CT molecular complexity index is 911. The molecule has 1 atom stereocenters. The molecule has 1 saturated heterocycles. The van der Waals surface area contributed by atoms with Gasteiger partial charge in [-0.05, 0) is 49.1 Å². The van der Waals surface area contributed by atoms with Gasteiger partial charge in [0.1, 0.15) is 17.6 Å². The fourth-order valence-corrected chi connectivity index (χ4v) is 3.36. The second kappa shape index (κ2) is 7.65. The van der Waals surface area contributed by atoms with Gasteiger partial charge < -0.3 is 9.32 Å². The molecule has 0 aliphatic carbocycles. The van der Waals surface area contributed by atoms with Crippen LogP contribution in [-0.2, 0) is 6.42 Å². The first-order valence-electron chi connectivity index (χ1n) is 8.98. The van der Waals surface area contributed by atoms with E-state index in [0.717, 1.165) is 24.8 Å². The number of rotatable bonds is 4. The number of aromatic nitrogens is 3. The van der Waals surface area contributed by atoms with Crippen LogP contribution in [0.2, 0.25) is 0 Å². The van der Waals surface area contributed by atoms with Gasteiger partial charge in [0.25, 0.3) is 5.91 Å². The van der Waals surface area contributed by atoms with E-state index >= 15 is 0 Å². The van der Waals surface area contributed by atoms with Crippen molar-refractivity contribution in [1.29, 1.82) is 0 Å². The summed E-state index contributed by atoms with van der Waals surface area (Å²) in [5.41, 5.74) is 1.26. The number of halogens is 1. The van der Waals surface area contributed by atoms with Crippen molar-refractivity contribution in [3.8, 4) is 0 Å². The van der Waals surface area contributed by atoms with Crippen LogP contribution in [0, 0.1) is 5.82 Å². The topological polar surface area (TPSA) is 72.1 Å². The Balaban J connectivity index is 1.53. The second-order valence-electron chi connectivity index (χ2n) is 6.59. The SMILES string of the molecule is O=C(c1cccnn1)N1CCCC[C@@H]1c1ncc(Cc2ccc(F)cc2)o1. The molecule has 0 bridgehead atoms. The van der Waals surface area contributed by atoms with E-state index in [2.05, 4.69) is 15.2 Å². The minimum Gasteiger partial charge on any atom is -0.443 e. The Morgan fingerprint density at radius 3 is 2.85 bits per heavy atom. The largest absolute Gasteiger partial charge is 0.443 e. The van der Waals surface area contributed by atoms with Gasteiger partial charge in [-0.25, -0.2) is 9.37 Å². The van der Waals surface area contributed by atoms with Gasteiger partial charge >= 0.3 is 0 Å². The van der Waals surface area contributed by atoms with Crippen LogP contribution in [0.4, 0.5) is 4.39 Å². The highest BCUT2D eigenvalue weighted by Crippen LogP contribution is 2.32. The van der Waals surface area contributed by atoms with Crippen molar-refractivity contribution >= 4 is 5.91 Å². The molecule has 0 spiro atoms. The van der Waals surface area contributed by atoms with Crippen molar-refractivity contribution in [2.75, 3.05) is 6.54 Å². The van der Waals surface area contributed by atoms with Gasteiger partial charge in [0.2, 0.25) is 5.89 Å². The summed E-state index contributed by atoms with van der Waals surface area (Å²) in [5, 5.41) is 7.72. The van der Waals surface area contributed by atoms with Crippen LogP contribution < -0.4 is 0 Å². The minimum absolute atomic E-state index is 0.161. The van der Waals surface area contributed by atoms with E-state index in [-0.39, 0.29) is 17.8 Å². The number of likely N-dealkylation sites (tertiary alicyclic amines) is 1. The van der Waals surface area contributed by atoms with Gasteiger partial charge in [-0.3, -0.25) is 4.79 Å². The van der Waals surface area contributed by atoms with Crippen molar-refractivity contribution in [1.82, 2.24) is 20.1 Å². The summed E-state index contributed by atoms with van der Waals surface area (Å²) in [6.45, 7) is 0.635. The molecule has 1 aromatic carbocycles. The van der Waals surface area contributed by atoms with E-state index in [1.54, 1.807) is 41.6 Å². The number of carbonyl (C=O) groups is 1. The molecular formula is C20H19FN4O2. The first kappa shape index (κ1) is 17.3. The number of oxazole rings is 1. The van der Waals surface area contributed by atoms with E-state index in [1.807, 2.05) is 0 Å². The predicted molar refractivity (Wildman–Crippen MR) is 95.4 cm³/mol. The molecule has 4 rings (SSSR count). The van der Waals surface area contributed by atoms with Gasteiger partial charge in [0.05, 0.1) is 6.20 Å². The first-order valence-corrected chi connectivity index (χ1v) is 8.98. The first-order chi connectivity index (χ1) is 13.2. The van der Waals surface area contributed by atoms with E-state index in [0.29, 0.717) is 30.3 Å². The third kappa shape index (κ3) is 3.86. The maximum atomic E-state index is 13.0. The molecule has 138 valence electrons. The maximum absolute atomic E-state index is 13.0. The average molecular weight is 366 g/mol. The molecule has 1 amide bonds. The highest BCUT2D eigenvalue weighted by molar-refractivity contribution is 5.92. The third-order valence-corrected chi connectivity index (χ3v) is 4.70. The van der Waals surface area contributed by atoms with Crippen molar-refractivity contribution in [3.63, 3.8) is 0 Å².